The molecule has 1 aromatic rings. The van der Waals surface area contributed by atoms with Crippen LogP contribution in [-0.2, 0) is 17.8 Å². The van der Waals surface area contributed by atoms with Gasteiger partial charge in [0.15, 0.2) is 0 Å². The Balaban J connectivity index is 2.09. The monoisotopic (exact) mass is 239 g/mol. The van der Waals surface area contributed by atoms with Gasteiger partial charge < -0.3 is 5.11 Å². The van der Waals surface area contributed by atoms with Crippen LogP contribution in [0.5, 0.6) is 0 Å². The van der Waals surface area contributed by atoms with Crippen LogP contribution in [-0.4, -0.2) is 28.6 Å². The average molecular weight is 239 g/mol. The fraction of sp³-hybridized carbons (Fsp3) is 0.583. The Morgan fingerprint density at radius 1 is 1.69 bits per heavy atom. The third-order valence-electron chi connectivity index (χ3n) is 3.13. The fourth-order valence-electron chi connectivity index (χ4n) is 2.27. The lowest BCUT2D eigenvalue weighted by molar-refractivity contribution is -0.144. The first-order chi connectivity index (χ1) is 7.72. The summed E-state index contributed by atoms with van der Waals surface area (Å²) in [6, 6.07) is 1.81. The van der Waals surface area contributed by atoms with Gasteiger partial charge in [-0.3, -0.25) is 9.69 Å². The number of aliphatic carboxylic acids is 1. The molecule has 2 rings (SSSR count). The number of carboxylic acid groups (broad SMARTS) is 1. The number of hydrogen-bond donors (Lipinski definition) is 1. The zero-order chi connectivity index (χ0) is 11.5. The number of thiophene rings is 1. The largest absolute Gasteiger partial charge is 0.480 e. The van der Waals surface area contributed by atoms with Crippen molar-refractivity contribution in [3.63, 3.8) is 0 Å². The molecule has 0 spiro atoms. The Labute approximate surface area is 99.7 Å². The van der Waals surface area contributed by atoms with Gasteiger partial charge in [-0.1, -0.05) is 13.3 Å². The predicted molar refractivity (Wildman–Crippen MR) is 64.8 cm³/mol. The van der Waals surface area contributed by atoms with Gasteiger partial charge >= 0.3 is 5.97 Å². The minimum Gasteiger partial charge on any atom is -0.480 e. The lowest BCUT2D eigenvalue weighted by Crippen LogP contribution is -2.43. The zero-order valence-corrected chi connectivity index (χ0v) is 10.3. The van der Waals surface area contributed by atoms with E-state index < -0.39 is 5.97 Å². The second-order valence-electron chi connectivity index (χ2n) is 4.23. The van der Waals surface area contributed by atoms with Gasteiger partial charge in [0.2, 0.25) is 0 Å². The SMILES string of the molecule is CCCC(C(=O)O)N1CCc2sccc2C1. The van der Waals surface area contributed by atoms with E-state index in [0.29, 0.717) is 0 Å². The number of hydrogen-bond acceptors (Lipinski definition) is 3. The average Bonchev–Trinajstić information content (AvgIpc) is 2.72. The Morgan fingerprint density at radius 2 is 2.50 bits per heavy atom. The molecule has 0 fully saturated rings. The number of carboxylic acids is 1. The van der Waals surface area contributed by atoms with Crippen molar-refractivity contribution >= 4 is 17.3 Å². The second-order valence-corrected chi connectivity index (χ2v) is 5.23. The lowest BCUT2D eigenvalue weighted by atomic mass is 10.0. The molecule has 0 saturated heterocycles. The first-order valence-corrected chi connectivity index (χ1v) is 6.62. The van der Waals surface area contributed by atoms with E-state index in [1.54, 1.807) is 11.3 Å². The number of rotatable bonds is 4. The molecule has 0 radical (unpaired) electrons. The summed E-state index contributed by atoms with van der Waals surface area (Å²) in [7, 11) is 0. The summed E-state index contributed by atoms with van der Waals surface area (Å²) in [5.41, 5.74) is 1.32. The highest BCUT2D eigenvalue weighted by Gasteiger charge is 2.28. The van der Waals surface area contributed by atoms with Crippen LogP contribution < -0.4 is 0 Å². The standard InChI is InChI=1S/C12H17NO2S/c1-2-3-10(12(14)15)13-6-4-11-9(8-13)5-7-16-11/h5,7,10H,2-4,6,8H2,1H3,(H,14,15). The van der Waals surface area contributed by atoms with Crippen molar-refractivity contribution in [3.8, 4) is 0 Å². The smallest absolute Gasteiger partial charge is 0.320 e. The van der Waals surface area contributed by atoms with E-state index in [4.69, 9.17) is 0 Å². The minimum absolute atomic E-state index is 0.307. The molecule has 1 atom stereocenters. The van der Waals surface area contributed by atoms with Gasteiger partial charge in [-0.15, -0.1) is 11.3 Å². The van der Waals surface area contributed by atoms with Gasteiger partial charge in [0.05, 0.1) is 0 Å². The van der Waals surface area contributed by atoms with Crippen molar-refractivity contribution in [2.45, 2.75) is 38.8 Å². The maximum Gasteiger partial charge on any atom is 0.320 e. The van der Waals surface area contributed by atoms with Crippen LogP contribution in [0.1, 0.15) is 30.2 Å². The highest BCUT2D eigenvalue weighted by molar-refractivity contribution is 7.10. The molecular formula is C12H17NO2S. The van der Waals surface area contributed by atoms with E-state index in [1.807, 2.05) is 6.92 Å². The minimum atomic E-state index is -0.680. The molecular weight excluding hydrogens is 222 g/mol. The van der Waals surface area contributed by atoms with Gasteiger partial charge in [-0.05, 0) is 29.9 Å². The Hall–Kier alpha value is -0.870. The molecule has 0 amide bonds. The predicted octanol–water partition coefficient (Wildman–Crippen LogP) is 2.36. The number of nitrogens with zero attached hydrogens (tertiary/aromatic N) is 1. The lowest BCUT2D eigenvalue weighted by Gasteiger charge is -2.31. The van der Waals surface area contributed by atoms with Crippen LogP contribution in [0, 0.1) is 0 Å². The van der Waals surface area contributed by atoms with Crippen molar-refractivity contribution in [3.05, 3.63) is 21.9 Å². The first kappa shape index (κ1) is 11.6. The van der Waals surface area contributed by atoms with Crippen LogP contribution in [0.2, 0.25) is 0 Å². The normalized spacial score (nSPS) is 18.1. The molecule has 2 heterocycles. The second kappa shape index (κ2) is 4.97. The Morgan fingerprint density at radius 3 is 3.19 bits per heavy atom. The van der Waals surface area contributed by atoms with Crippen LogP contribution in [0.15, 0.2) is 11.4 Å². The number of carbonyl (C=O) groups is 1. The molecule has 3 nitrogen and oxygen atoms in total. The summed E-state index contributed by atoms with van der Waals surface area (Å²) in [5.74, 6) is -0.680. The van der Waals surface area contributed by atoms with Gasteiger partial charge in [0.25, 0.3) is 0 Å². The quantitative estimate of drug-likeness (QED) is 0.877. The van der Waals surface area contributed by atoms with Crippen molar-refractivity contribution in [1.29, 1.82) is 0 Å². The molecule has 1 aliphatic heterocycles. The molecule has 1 N–H and O–H groups in total. The van der Waals surface area contributed by atoms with E-state index in [-0.39, 0.29) is 6.04 Å². The molecule has 4 heteroatoms. The summed E-state index contributed by atoms with van der Waals surface area (Å²) in [5, 5.41) is 11.3. The molecule has 0 aliphatic carbocycles. The van der Waals surface area contributed by atoms with E-state index >= 15 is 0 Å². The maximum absolute atomic E-state index is 11.2. The van der Waals surface area contributed by atoms with Gasteiger partial charge in [0, 0.05) is 18.0 Å². The third-order valence-corrected chi connectivity index (χ3v) is 4.15. The molecule has 0 aromatic carbocycles. The van der Waals surface area contributed by atoms with Crippen molar-refractivity contribution < 1.29 is 9.90 Å². The van der Waals surface area contributed by atoms with Crippen molar-refractivity contribution in [2.75, 3.05) is 6.54 Å². The van der Waals surface area contributed by atoms with E-state index in [1.165, 1.54) is 10.4 Å². The highest BCUT2D eigenvalue weighted by Crippen LogP contribution is 2.26. The third kappa shape index (κ3) is 2.28. The van der Waals surface area contributed by atoms with Gasteiger partial charge in [-0.25, -0.2) is 0 Å². The summed E-state index contributed by atoms with van der Waals surface area (Å²) in [6.07, 6.45) is 2.67. The molecule has 1 aliphatic rings. The molecule has 1 aromatic heterocycles. The van der Waals surface area contributed by atoms with Gasteiger partial charge in [0.1, 0.15) is 6.04 Å². The number of fused-ring (bicyclic) bond motifs is 1. The van der Waals surface area contributed by atoms with E-state index in [2.05, 4.69) is 16.3 Å². The highest BCUT2D eigenvalue weighted by atomic mass is 32.1. The molecule has 88 valence electrons. The summed E-state index contributed by atoms with van der Waals surface area (Å²) < 4.78 is 0. The molecule has 0 bridgehead atoms. The van der Waals surface area contributed by atoms with Crippen LogP contribution in [0.25, 0.3) is 0 Å². The van der Waals surface area contributed by atoms with Crippen LogP contribution in [0.4, 0.5) is 0 Å². The molecule has 16 heavy (non-hydrogen) atoms. The molecule has 1 unspecified atom stereocenters. The van der Waals surface area contributed by atoms with Crippen molar-refractivity contribution in [2.24, 2.45) is 0 Å². The van der Waals surface area contributed by atoms with Gasteiger partial charge in [-0.2, -0.15) is 0 Å². The Bertz CT molecular complexity index is 375. The maximum atomic E-state index is 11.2. The van der Waals surface area contributed by atoms with Crippen LogP contribution in [0.3, 0.4) is 0 Å². The van der Waals surface area contributed by atoms with Crippen LogP contribution >= 0.6 is 11.3 Å². The fourth-order valence-corrected chi connectivity index (χ4v) is 3.16. The Kier molecular flexibility index (Phi) is 3.61. The summed E-state index contributed by atoms with van der Waals surface area (Å²) in [4.78, 5) is 14.7. The van der Waals surface area contributed by atoms with Crippen molar-refractivity contribution in [1.82, 2.24) is 4.90 Å². The zero-order valence-electron chi connectivity index (χ0n) is 9.48. The summed E-state index contributed by atoms with van der Waals surface area (Å²) >= 11 is 1.79. The summed E-state index contributed by atoms with van der Waals surface area (Å²) in [6.45, 7) is 3.72. The first-order valence-electron chi connectivity index (χ1n) is 5.74. The van der Waals surface area contributed by atoms with E-state index in [9.17, 15) is 9.90 Å². The van der Waals surface area contributed by atoms with E-state index in [0.717, 1.165) is 32.4 Å². The molecule has 0 saturated carbocycles. The topological polar surface area (TPSA) is 40.5 Å².